The molecule has 72 valence electrons. The first-order valence-corrected chi connectivity index (χ1v) is 4.92. The lowest BCUT2D eigenvalue weighted by molar-refractivity contribution is 0.602. The Morgan fingerprint density at radius 3 is 2.71 bits per heavy atom. The van der Waals surface area contributed by atoms with Gasteiger partial charge in [-0.3, -0.25) is 0 Å². The van der Waals surface area contributed by atoms with Crippen molar-refractivity contribution in [1.82, 2.24) is 4.98 Å². The van der Waals surface area contributed by atoms with Gasteiger partial charge in [-0.2, -0.15) is 0 Å². The molecule has 0 radical (unpaired) electrons. The standard InChI is InChI=1S/C10H7F2NS/c1-6-13-10(5-14-6)8-4-7(11)2-3-9(8)12/h2-5H,1H3. The van der Waals surface area contributed by atoms with Crippen molar-refractivity contribution in [3.05, 3.63) is 40.2 Å². The van der Waals surface area contributed by atoms with Gasteiger partial charge in [-0.05, 0) is 25.1 Å². The summed E-state index contributed by atoms with van der Waals surface area (Å²) in [6, 6.07) is 3.36. The molecule has 0 saturated carbocycles. The average Bonchev–Trinajstić information content (AvgIpc) is 2.56. The molecule has 0 unspecified atom stereocenters. The van der Waals surface area contributed by atoms with Gasteiger partial charge in [-0.15, -0.1) is 11.3 Å². The van der Waals surface area contributed by atoms with E-state index < -0.39 is 11.6 Å². The summed E-state index contributed by atoms with van der Waals surface area (Å²) < 4.78 is 26.1. The second-order valence-corrected chi connectivity index (χ2v) is 3.94. The van der Waals surface area contributed by atoms with Gasteiger partial charge < -0.3 is 0 Å². The van der Waals surface area contributed by atoms with Gasteiger partial charge in [0.15, 0.2) is 0 Å². The number of thiazole rings is 1. The van der Waals surface area contributed by atoms with Gasteiger partial charge in [0.25, 0.3) is 0 Å². The van der Waals surface area contributed by atoms with Gasteiger partial charge in [0.2, 0.25) is 0 Å². The zero-order valence-corrected chi connectivity index (χ0v) is 8.24. The maximum Gasteiger partial charge on any atom is 0.132 e. The molecule has 0 fully saturated rings. The van der Waals surface area contributed by atoms with Gasteiger partial charge in [-0.25, -0.2) is 13.8 Å². The molecule has 1 heterocycles. The van der Waals surface area contributed by atoms with Crippen molar-refractivity contribution >= 4 is 11.3 Å². The van der Waals surface area contributed by atoms with Crippen LogP contribution in [0.4, 0.5) is 8.78 Å². The summed E-state index contributed by atoms with van der Waals surface area (Å²) >= 11 is 1.41. The first-order valence-electron chi connectivity index (χ1n) is 4.04. The molecular formula is C10H7F2NS. The van der Waals surface area contributed by atoms with E-state index >= 15 is 0 Å². The van der Waals surface area contributed by atoms with Crippen LogP contribution in [0.15, 0.2) is 23.6 Å². The highest BCUT2D eigenvalue weighted by atomic mass is 32.1. The summed E-state index contributed by atoms with van der Waals surface area (Å²) in [6.07, 6.45) is 0. The monoisotopic (exact) mass is 211 g/mol. The van der Waals surface area contributed by atoms with E-state index in [0.717, 1.165) is 23.2 Å². The molecule has 1 aromatic carbocycles. The summed E-state index contributed by atoms with van der Waals surface area (Å²) in [5.74, 6) is -0.899. The zero-order valence-electron chi connectivity index (χ0n) is 7.42. The summed E-state index contributed by atoms with van der Waals surface area (Å²) in [6.45, 7) is 1.82. The summed E-state index contributed by atoms with van der Waals surface area (Å²) in [5, 5.41) is 2.55. The van der Waals surface area contributed by atoms with Crippen LogP contribution in [0, 0.1) is 18.6 Å². The molecule has 0 aliphatic carbocycles. The van der Waals surface area contributed by atoms with Crippen LogP contribution in [0.25, 0.3) is 11.3 Å². The lowest BCUT2D eigenvalue weighted by Gasteiger charge is -1.98. The Morgan fingerprint density at radius 2 is 2.07 bits per heavy atom. The molecule has 0 N–H and O–H groups in total. The first-order chi connectivity index (χ1) is 6.66. The predicted octanol–water partition coefficient (Wildman–Crippen LogP) is 3.40. The minimum atomic E-state index is -0.452. The minimum Gasteiger partial charge on any atom is -0.241 e. The van der Waals surface area contributed by atoms with Crippen molar-refractivity contribution in [2.75, 3.05) is 0 Å². The minimum absolute atomic E-state index is 0.217. The number of aromatic nitrogens is 1. The summed E-state index contributed by atoms with van der Waals surface area (Å²) in [7, 11) is 0. The Balaban J connectivity index is 2.55. The van der Waals surface area contributed by atoms with E-state index in [1.165, 1.54) is 11.3 Å². The van der Waals surface area contributed by atoms with Crippen LogP contribution in [-0.4, -0.2) is 4.98 Å². The van der Waals surface area contributed by atoms with E-state index in [4.69, 9.17) is 0 Å². The summed E-state index contributed by atoms with van der Waals surface area (Å²) in [5.41, 5.74) is 0.707. The predicted molar refractivity (Wildman–Crippen MR) is 52.2 cm³/mol. The van der Waals surface area contributed by atoms with E-state index in [9.17, 15) is 8.78 Å². The van der Waals surface area contributed by atoms with Crippen molar-refractivity contribution in [3.8, 4) is 11.3 Å². The van der Waals surface area contributed by atoms with E-state index in [1.807, 2.05) is 6.92 Å². The van der Waals surface area contributed by atoms with Gasteiger partial charge in [0.1, 0.15) is 11.6 Å². The fourth-order valence-corrected chi connectivity index (χ4v) is 1.79. The molecule has 0 saturated heterocycles. The number of hydrogen-bond acceptors (Lipinski definition) is 2. The molecule has 0 spiro atoms. The van der Waals surface area contributed by atoms with Crippen molar-refractivity contribution < 1.29 is 8.78 Å². The average molecular weight is 211 g/mol. The number of aryl methyl sites for hydroxylation is 1. The van der Waals surface area contributed by atoms with Crippen LogP contribution >= 0.6 is 11.3 Å². The van der Waals surface area contributed by atoms with Gasteiger partial charge >= 0.3 is 0 Å². The third-order valence-corrected chi connectivity index (χ3v) is 2.60. The molecule has 0 aliphatic rings. The second kappa shape index (κ2) is 3.46. The molecule has 0 amide bonds. The number of nitrogens with zero attached hydrogens (tertiary/aromatic N) is 1. The molecule has 4 heteroatoms. The van der Waals surface area contributed by atoms with Crippen LogP contribution in [-0.2, 0) is 0 Å². The molecule has 14 heavy (non-hydrogen) atoms. The molecular weight excluding hydrogens is 204 g/mol. The summed E-state index contributed by atoms with van der Waals surface area (Å²) in [4.78, 5) is 4.09. The van der Waals surface area contributed by atoms with Crippen molar-refractivity contribution in [3.63, 3.8) is 0 Å². The zero-order chi connectivity index (χ0) is 10.1. The third-order valence-electron chi connectivity index (χ3n) is 1.82. The highest BCUT2D eigenvalue weighted by Crippen LogP contribution is 2.24. The lowest BCUT2D eigenvalue weighted by Crippen LogP contribution is -1.86. The molecule has 0 atom stereocenters. The Morgan fingerprint density at radius 1 is 1.29 bits per heavy atom. The van der Waals surface area contributed by atoms with Crippen molar-refractivity contribution in [2.45, 2.75) is 6.92 Å². The molecule has 1 nitrogen and oxygen atoms in total. The number of halogens is 2. The molecule has 0 aliphatic heterocycles. The SMILES string of the molecule is Cc1nc(-c2cc(F)ccc2F)cs1. The van der Waals surface area contributed by atoms with E-state index in [2.05, 4.69) is 4.98 Å². The number of hydrogen-bond donors (Lipinski definition) is 0. The molecule has 2 aromatic rings. The Labute approximate surface area is 84.0 Å². The Kier molecular flexibility index (Phi) is 2.29. The van der Waals surface area contributed by atoms with Crippen LogP contribution in [0.3, 0.4) is 0 Å². The topological polar surface area (TPSA) is 12.9 Å². The van der Waals surface area contributed by atoms with E-state index in [0.29, 0.717) is 5.69 Å². The van der Waals surface area contributed by atoms with Crippen LogP contribution in [0.2, 0.25) is 0 Å². The van der Waals surface area contributed by atoms with Crippen molar-refractivity contribution in [1.29, 1.82) is 0 Å². The van der Waals surface area contributed by atoms with Crippen LogP contribution in [0.5, 0.6) is 0 Å². The largest absolute Gasteiger partial charge is 0.241 e. The van der Waals surface area contributed by atoms with Crippen LogP contribution < -0.4 is 0 Å². The smallest absolute Gasteiger partial charge is 0.132 e. The molecule has 0 bridgehead atoms. The third kappa shape index (κ3) is 1.65. The van der Waals surface area contributed by atoms with Crippen molar-refractivity contribution in [2.24, 2.45) is 0 Å². The number of benzene rings is 1. The van der Waals surface area contributed by atoms with Gasteiger partial charge in [0.05, 0.1) is 10.7 Å². The number of rotatable bonds is 1. The first kappa shape index (κ1) is 9.27. The second-order valence-electron chi connectivity index (χ2n) is 2.88. The maximum atomic E-state index is 13.3. The van der Waals surface area contributed by atoms with E-state index in [1.54, 1.807) is 5.38 Å². The fourth-order valence-electron chi connectivity index (χ4n) is 1.18. The maximum absolute atomic E-state index is 13.3. The van der Waals surface area contributed by atoms with Crippen LogP contribution in [0.1, 0.15) is 5.01 Å². The van der Waals surface area contributed by atoms with E-state index in [-0.39, 0.29) is 5.56 Å². The lowest BCUT2D eigenvalue weighted by atomic mass is 10.1. The highest BCUT2D eigenvalue weighted by molar-refractivity contribution is 7.09. The molecule has 1 aromatic heterocycles. The van der Waals surface area contributed by atoms with Gasteiger partial charge in [-0.1, -0.05) is 0 Å². The van der Waals surface area contributed by atoms with Gasteiger partial charge in [0, 0.05) is 10.9 Å². The molecule has 2 rings (SSSR count). The normalized spacial score (nSPS) is 10.5. The Bertz CT molecular complexity index is 465. The quantitative estimate of drug-likeness (QED) is 0.704. The highest BCUT2D eigenvalue weighted by Gasteiger charge is 2.08. The fraction of sp³-hybridized carbons (Fsp3) is 0.100. The Hall–Kier alpha value is -1.29.